The molecule has 0 spiro atoms. The Balaban J connectivity index is 1.95. The summed E-state index contributed by atoms with van der Waals surface area (Å²) in [5.74, 6) is 0. The molecule has 126 valence electrons. The second kappa shape index (κ2) is 6.60. The summed E-state index contributed by atoms with van der Waals surface area (Å²) in [5.41, 5.74) is 4.20. The van der Waals surface area contributed by atoms with E-state index in [1.165, 1.54) is 63.4 Å². The van der Waals surface area contributed by atoms with Crippen LogP contribution >= 0.6 is 0 Å². The molecule has 0 aliphatic heterocycles. The molecule has 3 saturated carbocycles. The maximum Gasteiger partial charge on any atom is 0.101 e. The first-order chi connectivity index (χ1) is 11.6. The van der Waals surface area contributed by atoms with Gasteiger partial charge in [-0.1, -0.05) is 38.8 Å². The Morgan fingerprint density at radius 3 is 2.04 bits per heavy atom. The van der Waals surface area contributed by atoms with E-state index < -0.39 is 0 Å². The largest absolute Gasteiger partial charge is 0.192 e. The first-order valence-corrected chi connectivity index (χ1v) is 9.60. The molecule has 3 fully saturated rings. The van der Waals surface area contributed by atoms with Crippen LogP contribution in [0.3, 0.4) is 0 Å². The van der Waals surface area contributed by atoms with Crippen LogP contribution in [0.5, 0.6) is 0 Å². The van der Waals surface area contributed by atoms with Gasteiger partial charge in [0.25, 0.3) is 0 Å². The number of hydrogen-bond acceptors (Lipinski definition) is 2. The predicted octanol–water partition coefficient (Wildman–Crippen LogP) is 5.77. The summed E-state index contributed by atoms with van der Waals surface area (Å²) in [6, 6.07) is 8.96. The smallest absolute Gasteiger partial charge is 0.101 e. The average Bonchev–Trinajstić information content (AvgIpc) is 2.66. The Labute approximate surface area is 146 Å². The first-order valence-electron chi connectivity index (χ1n) is 9.60. The fraction of sp³-hybridized carbons (Fsp3) is 0.636. The van der Waals surface area contributed by atoms with Crippen molar-refractivity contribution in [1.82, 2.24) is 0 Å². The zero-order chi connectivity index (χ0) is 17.2. The minimum absolute atomic E-state index is 0.150. The summed E-state index contributed by atoms with van der Waals surface area (Å²) in [4.78, 5) is 0. The van der Waals surface area contributed by atoms with E-state index in [1.54, 1.807) is 0 Å². The second-order valence-corrected chi connectivity index (χ2v) is 7.98. The molecule has 0 aromatic heterocycles. The van der Waals surface area contributed by atoms with Gasteiger partial charge in [0.2, 0.25) is 0 Å². The van der Waals surface area contributed by atoms with Crippen molar-refractivity contribution in [2.75, 3.05) is 0 Å². The summed E-state index contributed by atoms with van der Waals surface area (Å²) in [7, 11) is 0. The summed E-state index contributed by atoms with van der Waals surface area (Å²) in [6.07, 6.45) is 12.3. The van der Waals surface area contributed by atoms with Crippen LogP contribution in [-0.4, -0.2) is 0 Å². The normalized spacial score (nSPS) is 28.3. The number of fused-ring (bicyclic) bond motifs is 3. The van der Waals surface area contributed by atoms with Crippen LogP contribution in [0.2, 0.25) is 0 Å². The second-order valence-electron chi connectivity index (χ2n) is 7.98. The van der Waals surface area contributed by atoms with Crippen LogP contribution in [0.15, 0.2) is 12.1 Å². The minimum atomic E-state index is 0.150. The van der Waals surface area contributed by atoms with Crippen molar-refractivity contribution in [3.8, 4) is 12.1 Å². The molecule has 1 aromatic rings. The molecule has 0 saturated heterocycles. The Morgan fingerprint density at radius 1 is 0.917 bits per heavy atom. The first kappa shape index (κ1) is 17.0. The Hall–Kier alpha value is -1.80. The third-order valence-corrected chi connectivity index (χ3v) is 6.93. The summed E-state index contributed by atoms with van der Waals surface area (Å²) >= 11 is 0. The van der Waals surface area contributed by atoms with Crippen LogP contribution in [0, 0.1) is 28.1 Å². The highest BCUT2D eigenvalue weighted by molar-refractivity contribution is 5.57. The third-order valence-electron chi connectivity index (χ3n) is 6.93. The van der Waals surface area contributed by atoms with E-state index in [4.69, 9.17) is 0 Å². The summed E-state index contributed by atoms with van der Waals surface area (Å²) < 4.78 is 0. The standard InChI is InChI=1S/C22H28N2/c1-3-5-8-21-9-12-22(13-10-21,14-11-21)20-7-6-17(4-2)18(15-23)19(20)16-24/h6-7H,3-5,8-14H2,1-2H3. The number of hydrogen-bond donors (Lipinski definition) is 0. The molecule has 2 heteroatoms. The maximum absolute atomic E-state index is 9.77. The number of nitriles is 2. The number of aryl methyl sites for hydroxylation is 1. The number of rotatable bonds is 5. The van der Waals surface area contributed by atoms with Crippen LogP contribution in [0.25, 0.3) is 0 Å². The maximum atomic E-state index is 9.77. The molecular formula is C22H28N2. The van der Waals surface area contributed by atoms with Gasteiger partial charge in [0.15, 0.2) is 0 Å². The molecule has 2 bridgehead atoms. The lowest BCUT2D eigenvalue weighted by Gasteiger charge is -2.54. The van der Waals surface area contributed by atoms with Gasteiger partial charge in [-0.15, -0.1) is 0 Å². The monoisotopic (exact) mass is 320 g/mol. The molecule has 2 nitrogen and oxygen atoms in total. The lowest BCUT2D eigenvalue weighted by Crippen LogP contribution is -2.44. The molecule has 24 heavy (non-hydrogen) atoms. The SMILES string of the molecule is CCCCC12CCC(c3ccc(CC)c(C#N)c3C#N)(CC1)CC2. The predicted molar refractivity (Wildman–Crippen MR) is 96.6 cm³/mol. The molecule has 1 aromatic carbocycles. The highest BCUT2D eigenvalue weighted by Crippen LogP contribution is 2.60. The van der Waals surface area contributed by atoms with Gasteiger partial charge in [-0.3, -0.25) is 0 Å². The number of nitrogens with zero attached hydrogens (tertiary/aromatic N) is 2. The van der Waals surface area contributed by atoms with E-state index in [0.717, 1.165) is 12.0 Å². The molecule has 0 radical (unpaired) electrons. The Kier molecular flexibility index (Phi) is 4.69. The minimum Gasteiger partial charge on any atom is -0.192 e. The van der Waals surface area contributed by atoms with E-state index >= 15 is 0 Å². The van der Waals surface area contributed by atoms with E-state index in [-0.39, 0.29) is 5.41 Å². The topological polar surface area (TPSA) is 47.6 Å². The van der Waals surface area contributed by atoms with Crippen LogP contribution < -0.4 is 0 Å². The number of unbranched alkanes of at least 4 members (excludes halogenated alkanes) is 1. The summed E-state index contributed by atoms with van der Waals surface area (Å²) in [6.45, 7) is 4.34. The lowest BCUT2D eigenvalue weighted by atomic mass is 9.50. The van der Waals surface area contributed by atoms with Crippen molar-refractivity contribution in [2.24, 2.45) is 5.41 Å². The van der Waals surface area contributed by atoms with E-state index in [2.05, 4.69) is 38.1 Å². The highest BCUT2D eigenvalue weighted by atomic mass is 14.5. The van der Waals surface area contributed by atoms with Gasteiger partial charge in [0.05, 0.1) is 11.1 Å². The molecule has 0 heterocycles. The van der Waals surface area contributed by atoms with E-state index in [0.29, 0.717) is 16.5 Å². The van der Waals surface area contributed by atoms with Crippen molar-refractivity contribution >= 4 is 0 Å². The highest BCUT2D eigenvalue weighted by Gasteiger charge is 2.49. The molecule has 3 aliphatic rings. The summed E-state index contributed by atoms with van der Waals surface area (Å²) in [5, 5.41) is 19.4. The van der Waals surface area contributed by atoms with E-state index in [9.17, 15) is 10.5 Å². The third kappa shape index (κ3) is 2.63. The van der Waals surface area contributed by atoms with Gasteiger partial charge in [0, 0.05) is 0 Å². The van der Waals surface area contributed by atoms with Gasteiger partial charge < -0.3 is 0 Å². The van der Waals surface area contributed by atoms with Crippen LogP contribution in [0.1, 0.15) is 93.9 Å². The quantitative estimate of drug-likeness (QED) is 0.691. The Bertz CT molecular complexity index is 677. The molecule has 0 N–H and O–H groups in total. The number of benzene rings is 1. The fourth-order valence-corrected chi connectivity index (χ4v) is 5.22. The molecule has 0 amide bonds. The van der Waals surface area contributed by atoms with Crippen LogP contribution in [-0.2, 0) is 11.8 Å². The van der Waals surface area contributed by atoms with Gasteiger partial charge in [0.1, 0.15) is 12.1 Å². The van der Waals surface area contributed by atoms with Crippen molar-refractivity contribution in [1.29, 1.82) is 10.5 Å². The van der Waals surface area contributed by atoms with Gasteiger partial charge >= 0.3 is 0 Å². The van der Waals surface area contributed by atoms with Crippen LogP contribution in [0.4, 0.5) is 0 Å². The van der Waals surface area contributed by atoms with Crippen molar-refractivity contribution in [3.63, 3.8) is 0 Å². The molecule has 0 atom stereocenters. The van der Waals surface area contributed by atoms with Crippen molar-refractivity contribution in [3.05, 3.63) is 34.4 Å². The van der Waals surface area contributed by atoms with Gasteiger partial charge in [-0.05, 0) is 73.3 Å². The molecule has 3 aliphatic carbocycles. The zero-order valence-electron chi connectivity index (χ0n) is 15.1. The van der Waals surface area contributed by atoms with Gasteiger partial charge in [-0.25, -0.2) is 0 Å². The van der Waals surface area contributed by atoms with Crippen molar-refractivity contribution < 1.29 is 0 Å². The zero-order valence-corrected chi connectivity index (χ0v) is 15.1. The van der Waals surface area contributed by atoms with Crippen molar-refractivity contribution in [2.45, 2.75) is 83.5 Å². The lowest BCUT2D eigenvalue weighted by molar-refractivity contribution is 0.0307. The Morgan fingerprint density at radius 2 is 1.54 bits per heavy atom. The van der Waals surface area contributed by atoms with Gasteiger partial charge in [-0.2, -0.15) is 10.5 Å². The molecular weight excluding hydrogens is 292 g/mol. The fourth-order valence-electron chi connectivity index (χ4n) is 5.22. The average molecular weight is 320 g/mol. The van der Waals surface area contributed by atoms with E-state index in [1.807, 2.05) is 0 Å². The molecule has 0 unspecified atom stereocenters. The molecule has 4 rings (SSSR count).